The maximum Gasteiger partial charge on any atom is 0.138 e. The number of aliphatic hydroxyl groups is 1. The van der Waals surface area contributed by atoms with E-state index in [0.29, 0.717) is 10.8 Å². The molecule has 0 aliphatic rings. The zero-order chi connectivity index (χ0) is 13.9. The molecule has 3 nitrogen and oxygen atoms in total. The molecule has 0 heterocycles. The smallest absolute Gasteiger partial charge is 0.138 e. The number of ether oxygens (including phenoxy) is 1. The maximum atomic E-state index is 10.1. The summed E-state index contributed by atoms with van der Waals surface area (Å²) in [5.74, 6) is 0.682. The number of hydrogen-bond acceptors (Lipinski definition) is 3. The molecule has 3 N–H and O–H groups in total. The molecule has 2 atom stereocenters. The third kappa shape index (κ3) is 3.87. The molecular formula is C14H22ClNO2. The van der Waals surface area contributed by atoms with Gasteiger partial charge in [-0.3, -0.25) is 0 Å². The predicted molar refractivity (Wildman–Crippen MR) is 75.0 cm³/mol. The Hall–Kier alpha value is -0.770. The number of rotatable bonds is 5. The second-order valence-corrected chi connectivity index (χ2v) is 5.69. The topological polar surface area (TPSA) is 55.5 Å². The molecule has 102 valence electrons. The molecule has 0 saturated carbocycles. The van der Waals surface area contributed by atoms with Crippen LogP contribution < -0.4 is 10.5 Å². The van der Waals surface area contributed by atoms with E-state index < -0.39 is 5.60 Å². The van der Waals surface area contributed by atoms with Crippen molar-refractivity contribution in [1.29, 1.82) is 0 Å². The second-order valence-electron chi connectivity index (χ2n) is 5.28. The van der Waals surface area contributed by atoms with E-state index in [1.54, 1.807) is 19.1 Å². The molecular weight excluding hydrogens is 250 g/mol. The van der Waals surface area contributed by atoms with Crippen molar-refractivity contribution < 1.29 is 9.84 Å². The van der Waals surface area contributed by atoms with Gasteiger partial charge in [-0.05, 0) is 37.5 Å². The van der Waals surface area contributed by atoms with E-state index in [1.807, 2.05) is 26.8 Å². The Kier molecular flexibility index (Phi) is 5.02. The van der Waals surface area contributed by atoms with Gasteiger partial charge in [0.05, 0.1) is 10.6 Å². The van der Waals surface area contributed by atoms with Gasteiger partial charge in [-0.1, -0.05) is 31.5 Å². The Balaban J connectivity index is 2.75. The summed E-state index contributed by atoms with van der Waals surface area (Å²) in [6, 6.07) is 5.41. The van der Waals surface area contributed by atoms with Crippen molar-refractivity contribution in [3.63, 3.8) is 0 Å². The van der Waals surface area contributed by atoms with Gasteiger partial charge in [-0.25, -0.2) is 0 Å². The lowest BCUT2D eigenvalue weighted by Gasteiger charge is -2.27. The minimum Gasteiger partial charge on any atom is -0.489 e. The molecule has 0 aliphatic heterocycles. The van der Waals surface area contributed by atoms with E-state index >= 15 is 0 Å². The van der Waals surface area contributed by atoms with Crippen LogP contribution in [0.2, 0.25) is 5.02 Å². The molecule has 0 bridgehead atoms. The van der Waals surface area contributed by atoms with Crippen LogP contribution in [0, 0.1) is 5.92 Å². The molecule has 0 saturated heterocycles. The highest BCUT2D eigenvalue weighted by atomic mass is 35.5. The van der Waals surface area contributed by atoms with Crippen LogP contribution in [0.1, 0.15) is 39.3 Å². The Morgan fingerprint density at radius 3 is 2.44 bits per heavy atom. The first-order valence-corrected chi connectivity index (χ1v) is 6.52. The van der Waals surface area contributed by atoms with Crippen LogP contribution in [0.15, 0.2) is 18.2 Å². The molecule has 0 aliphatic carbocycles. The Bertz CT molecular complexity index is 403. The lowest BCUT2D eigenvalue weighted by molar-refractivity contribution is -0.0266. The highest BCUT2D eigenvalue weighted by Crippen LogP contribution is 2.28. The van der Waals surface area contributed by atoms with E-state index in [4.69, 9.17) is 22.1 Å². The number of benzene rings is 1. The van der Waals surface area contributed by atoms with Gasteiger partial charge in [0.1, 0.15) is 12.4 Å². The fourth-order valence-electron chi connectivity index (χ4n) is 1.31. The average Bonchev–Trinajstić information content (AvgIpc) is 2.26. The van der Waals surface area contributed by atoms with Gasteiger partial charge in [0.2, 0.25) is 0 Å². The molecule has 4 heteroatoms. The maximum absolute atomic E-state index is 10.1. The van der Waals surface area contributed by atoms with E-state index in [0.717, 1.165) is 5.56 Å². The Labute approximate surface area is 114 Å². The monoisotopic (exact) mass is 271 g/mol. The summed E-state index contributed by atoms with van der Waals surface area (Å²) in [5.41, 5.74) is 5.87. The van der Waals surface area contributed by atoms with Crippen molar-refractivity contribution in [2.24, 2.45) is 11.7 Å². The summed E-state index contributed by atoms with van der Waals surface area (Å²) in [7, 11) is 0. The normalized spacial score (nSPS) is 16.4. The molecule has 0 radical (unpaired) electrons. The lowest BCUT2D eigenvalue weighted by atomic mass is 9.94. The molecule has 1 unspecified atom stereocenters. The van der Waals surface area contributed by atoms with Crippen molar-refractivity contribution in [1.82, 2.24) is 0 Å². The van der Waals surface area contributed by atoms with E-state index in [2.05, 4.69) is 0 Å². The zero-order valence-corrected chi connectivity index (χ0v) is 12.2. The van der Waals surface area contributed by atoms with Crippen molar-refractivity contribution >= 4 is 11.6 Å². The van der Waals surface area contributed by atoms with Gasteiger partial charge >= 0.3 is 0 Å². The van der Waals surface area contributed by atoms with Gasteiger partial charge < -0.3 is 15.6 Å². The van der Waals surface area contributed by atoms with Crippen LogP contribution in [0.25, 0.3) is 0 Å². The molecule has 0 fully saturated rings. The highest BCUT2D eigenvalue weighted by Gasteiger charge is 2.26. The summed E-state index contributed by atoms with van der Waals surface area (Å²) in [6.45, 7) is 7.76. The molecule has 1 aromatic rings. The van der Waals surface area contributed by atoms with Crippen LogP contribution in [-0.2, 0) is 0 Å². The molecule has 0 spiro atoms. The van der Waals surface area contributed by atoms with Crippen molar-refractivity contribution in [3.8, 4) is 5.75 Å². The summed E-state index contributed by atoms with van der Waals surface area (Å²) in [4.78, 5) is 0. The van der Waals surface area contributed by atoms with Crippen molar-refractivity contribution in [2.45, 2.75) is 39.3 Å². The first-order chi connectivity index (χ1) is 8.24. The largest absolute Gasteiger partial charge is 0.489 e. The lowest BCUT2D eigenvalue weighted by Crippen LogP contribution is -2.37. The van der Waals surface area contributed by atoms with E-state index in [1.165, 1.54) is 0 Å². The number of halogens is 1. The minimum atomic E-state index is -0.872. The fourth-order valence-corrected chi connectivity index (χ4v) is 1.55. The third-order valence-corrected chi connectivity index (χ3v) is 3.54. The standard InChI is InChI=1S/C14H22ClNO2/c1-9(2)14(4,17)8-18-13-6-5-11(10(3)16)7-12(13)15/h5-7,9-10,17H,8,16H2,1-4H3/t10-,14?/m1/s1. The molecule has 1 aromatic carbocycles. The predicted octanol–water partition coefficient (Wildman–Crippen LogP) is 3.15. The van der Waals surface area contributed by atoms with Gasteiger partial charge in [0, 0.05) is 6.04 Å². The fraction of sp³-hybridized carbons (Fsp3) is 0.571. The van der Waals surface area contributed by atoms with Crippen LogP contribution in [0.3, 0.4) is 0 Å². The Morgan fingerprint density at radius 1 is 1.39 bits per heavy atom. The van der Waals surface area contributed by atoms with Gasteiger partial charge in [-0.2, -0.15) is 0 Å². The minimum absolute atomic E-state index is 0.0599. The van der Waals surface area contributed by atoms with Crippen molar-refractivity contribution in [3.05, 3.63) is 28.8 Å². The summed E-state index contributed by atoms with van der Waals surface area (Å²) < 4.78 is 5.57. The first-order valence-electron chi connectivity index (χ1n) is 6.14. The summed E-state index contributed by atoms with van der Waals surface area (Å²) in [6.07, 6.45) is 0. The second kappa shape index (κ2) is 5.91. The zero-order valence-electron chi connectivity index (χ0n) is 11.4. The SMILES string of the molecule is CC(C)C(C)(O)COc1ccc([C@@H](C)N)cc1Cl. The van der Waals surface area contributed by atoms with Crippen LogP contribution in [0.4, 0.5) is 0 Å². The van der Waals surface area contributed by atoms with Gasteiger partial charge in [-0.15, -0.1) is 0 Å². The highest BCUT2D eigenvalue weighted by molar-refractivity contribution is 6.32. The third-order valence-electron chi connectivity index (χ3n) is 3.25. The summed E-state index contributed by atoms with van der Waals surface area (Å²) in [5, 5.41) is 10.6. The van der Waals surface area contributed by atoms with Crippen LogP contribution >= 0.6 is 11.6 Å². The molecule has 1 rings (SSSR count). The average molecular weight is 272 g/mol. The quantitative estimate of drug-likeness (QED) is 0.865. The van der Waals surface area contributed by atoms with Crippen LogP contribution in [-0.4, -0.2) is 17.3 Å². The van der Waals surface area contributed by atoms with E-state index in [9.17, 15) is 5.11 Å². The van der Waals surface area contributed by atoms with Crippen LogP contribution in [0.5, 0.6) is 5.75 Å². The first kappa shape index (κ1) is 15.3. The van der Waals surface area contributed by atoms with Gasteiger partial charge in [0.25, 0.3) is 0 Å². The molecule has 0 amide bonds. The van der Waals surface area contributed by atoms with Gasteiger partial charge in [0.15, 0.2) is 0 Å². The van der Waals surface area contributed by atoms with E-state index in [-0.39, 0.29) is 18.6 Å². The molecule has 0 aromatic heterocycles. The number of hydrogen-bond donors (Lipinski definition) is 2. The van der Waals surface area contributed by atoms with Crippen molar-refractivity contribution in [2.75, 3.05) is 6.61 Å². The Morgan fingerprint density at radius 2 is 2.00 bits per heavy atom. The number of nitrogens with two attached hydrogens (primary N) is 1. The summed E-state index contributed by atoms with van der Waals surface area (Å²) >= 11 is 6.12. The molecule has 18 heavy (non-hydrogen) atoms.